The van der Waals surface area contributed by atoms with Gasteiger partial charge >= 0.3 is 18.1 Å². The first kappa shape index (κ1) is 16.0. The van der Waals surface area contributed by atoms with E-state index in [2.05, 4.69) is 0 Å². The molecule has 0 saturated heterocycles. The Morgan fingerprint density at radius 1 is 1.25 bits per heavy atom. The molecule has 0 aliphatic heterocycles. The summed E-state index contributed by atoms with van der Waals surface area (Å²) in [7, 11) is 0. The molecule has 1 atom stereocenters. The van der Waals surface area contributed by atoms with Gasteiger partial charge in [0, 0.05) is 0 Å². The number of halogens is 3. The predicted octanol–water partition coefficient (Wildman–Crippen LogP) is 2.50. The summed E-state index contributed by atoms with van der Waals surface area (Å²) in [5.74, 6) is -3.45. The van der Waals surface area contributed by atoms with Crippen molar-refractivity contribution in [1.82, 2.24) is 5.32 Å². The van der Waals surface area contributed by atoms with E-state index in [9.17, 15) is 22.8 Å². The molecule has 0 heterocycles. The first-order valence-electron chi connectivity index (χ1n) is 5.78. The zero-order valence-corrected chi connectivity index (χ0v) is 10.9. The summed E-state index contributed by atoms with van der Waals surface area (Å²) in [5, 5.41) is 10.5. The minimum Gasteiger partial charge on any atom is -0.481 e. The number of nitrogens with one attached hydrogen (secondary N) is 1. The van der Waals surface area contributed by atoms with Gasteiger partial charge in [-0.15, -0.1) is 0 Å². The van der Waals surface area contributed by atoms with Gasteiger partial charge in [0.2, 0.25) is 0 Å². The molecule has 1 amide bonds. The average Bonchev–Trinajstić information content (AvgIpc) is 2.30. The molecule has 0 aromatic heterocycles. The number of hydrogen-bond acceptors (Lipinski definition) is 2. The number of carbonyl (C=O) groups is 2. The summed E-state index contributed by atoms with van der Waals surface area (Å²) in [4.78, 5) is 21.7. The lowest BCUT2D eigenvalue weighted by Gasteiger charge is -2.19. The Balaban J connectivity index is 3.03. The van der Waals surface area contributed by atoms with Gasteiger partial charge in [0.25, 0.3) is 0 Å². The zero-order valence-electron chi connectivity index (χ0n) is 10.9. The molecule has 0 saturated carbocycles. The van der Waals surface area contributed by atoms with E-state index in [1.165, 1.54) is 6.07 Å². The molecule has 7 heteroatoms. The second-order valence-corrected chi connectivity index (χ2v) is 4.47. The largest absolute Gasteiger partial charge is 0.481 e. The van der Waals surface area contributed by atoms with Gasteiger partial charge in [-0.1, -0.05) is 18.2 Å². The summed E-state index contributed by atoms with van der Waals surface area (Å²) in [6.07, 6.45) is -5.67. The van der Waals surface area contributed by atoms with Gasteiger partial charge in [-0.05, 0) is 30.5 Å². The minimum atomic E-state index is -5.05. The highest BCUT2D eigenvalue weighted by Crippen LogP contribution is 2.23. The second-order valence-electron chi connectivity index (χ2n) is 4.47. The van der Waals surface area contributed by atoms with Crippen molar-refractivity contribution in [3.05, 3.63) is 34.9 Å². The molecule has 2 N–H and O–H groups in total. The standard InChI is InChI=1S/C13H14F3NO3/c1-7-3-4-9(5-8(7)2)10(6-11(18)19)17-12(20)13(14,15)16/h3-5,10H,6H2,1-2H3,(H,17,20)(H,18,19). The van der Waals surface area contributed by atoms with Crippen LogP contribution in [0.4, 0.5) is 13.2 Å². The summed E-state index contributed by atoms with van der Waals surface area (Å²) in [5.41, 5.74) is 2.05. The summed E-state index contributed by atoms with van der Waals surface area (Å²) < 4.78 is 36.7. The highest BCUT2D eigenvalue weighted by atomic mass is 19.4. The zero-order chi connectivity index (χ0) is 15.5. The summed E-state index contributed by atoms with van der Waals surface area (Å²) in [6.45, 7) is 3.57. The van der Waals surface area contributed by atoms with Crippen LogP contribution in [0.1, 0.15) is 29.2 Å². The van der Waals surface area contributed by atoms with E-state index < -0.39 is 30.5 Å². The molecule has 0 radical (unpaired) electrons. The van der Waals surface area contributed by atoms with Crippen LogP contribution in [0, 0.1) is 13.8 Å². The maximum Gasteiger partial charge on any atom is 0.471 e. The number of aliphatic carboxylic acids is 1. The van der Waals surface area contributed by atoms with Gasteiger partial charge < -0.3 is 10.4 Å². The van der Waals surface area contributed by atoms with Crippen molar-refractivity contribution in [2.24, 2.45) is 0 Å². The van der Waals surface area contributed by atoms with Crippen LogP contribution in [-0.4, -0.2) is 23.2 Å². The van der Waals surface area contributed by atoms with Crippen LogP contribution in [0.5, 0.6) is 0 Å². The number of aryl methyl sites for hydroxylation is 2. The highest BCUT2D eigenvalue weighted by Gasteiger charge is 2.40. The van der Waals surface area contributed by atoms with Crippen molar-refractivity contribution >= 4 is 11.9 Å². The SMILES string of the molecule is Cc1ccc(C(CC(=O)O)NC(=O)C(F)(F)F)cc1C. The molecule has 0 fully saturated rings. The Bertz CT molecular complexity index is 526. The number of hydrogen-bond donors (Lipinski definition) is 2. The molecule has 0 bridgehead atoms. The summed E-state index contributed by atoms with van der Waals surface area (Å²) >= 11 is 0. The van der Waals surface area contributed by atoms with E-state index in [-0.39, 0.29) is 0 Å². The number of carboxylic acid groups (broad SMARTS) is 1. The first-order valence-corrected chi connectivity index (χ1v) is 5.78. The number of benzene rings is 1. The minimum absolute atomic E-state index is 0.327. The first-order chi connectivity index (χ1) is 9.11. The Kier molecular flexibility index (Phi) is 4.75. The Morgan fingerprint density at radius 2 is 1.85 bits per heavy atom. The highest BCUT2D eigenvalue weighted by molar-refractivity contribution is 5.82. The second kappa shape index (κ2) is 5.94. The van der Waals surface area contributed by atoms with Crippen LogP contribution < -0.4 is 5.32 Å². The van der Waals surface area contributed by atoms with Gasteiger partial charge in [-0.3, -0.25) is 9.59 Å². The van der Waals surface area contributed by atoms with Crippen molar-refractivity contribution in [3.63, 3.8) is 0 Å². The Labute approximate surface area is 113 Å². The van der Waals surface area contributed by atoms with E-state index in [1.54, 1.807) is 24.4 Å². The van der Waals surface area contributed by atoms with E-state index in [0.29, 0.717) is 5.56 Å². The van der Waals surface area contributed by atoms with Gasteiger partial charge in [-0.2, -0.15) is 13.2 Å². The van der Waals surface area contributed by atoms with Crippen LogP contribution >= 0.6 is 0 Å². The predicted molar refractivity (Wildman–Crippen MR) is 65.1 cm³/mol. The molecule has 20 heavy (non-hydrogen) atoms. The van der Waals surface area contributed by atoms with Crippen LogP contribution in [0.3, 0.4) is 0 Å². The third-order valence-electron chi connectivity index (χ3n) is 2.87. The van der Waals surface area contributed by atoms with E-state index in [1.807, 2.05) is 6.92 Å². The molecule has 1 aromatic carbocycles. The lowest BCUT2D eigenvalue weighted by Crippen LogP contribution is -2.39. The Morgan fingerprint density at radius 3 is 2.30 bits per heavy atom. The average molecular weight is 289 g/mol. The van der Waals surface area contributed by atoms with Crippen molar-refractivity contribution in [2.45, 2.75) is 32.5 Å². The maximum absolute atomic E-state index is 12.2. The number of rotatable bonds is 4. The van der Waals surface area contributed by atoms with Crippen LogP contribution in [0.2, 0.25) is 0 Å². The lowest BCUT2D eigenvalue weighted by molar-refractivity contribution is -0.174. The van der Waals surface area contributed by atoms with Gasteiger partial charge in [0.15, 0.2) is 0 Å². The molecule has 4 nitrogen and oxygen atoms in total. The van der Waals surface area contributed by atoms with Crippen molar-refractivity contribution < 1.29 is 27.9 Å². The molecular formula is C13H14F3NO3. The van der Waals surface area contributed by atoms with Crippen LogP contribution in [0.25, 0.3) is 0 Å². The van der Waals surface area contributed by atoms with Crippen molar-refractivity contribution in [3.8, 4) is 0 Å². The fraction of sp³-hybridized carbons (Fsp3) is 0.385. The van der Waals surface area contributed by atoms with Crippen molar-refractivity contribution in [1.29, 1.82) is 0 Å². The fourth-order valence-corrected chi connectivity index (χ4v) is 1.65. The topological polar surface area (TPSA) is 66.4 Å². The molecule has 0 aliphatic carbocycles. The van der Waals surface area contributed by atoms with Gasteiger partial charge in [0.1, 0.15) is 0 Å². The lowest BCUT2D eigenvalue weighted by atomic mass is 9.99. The number of amides is 1. The van der Waals surface area contributed by atoms with E-state index in [4.69, 9.17) is 5.11 Å². The monoisotopic (exact) mass is 289 g/mol. The smallest absolute Gasteiger partial charge is 0.471 e. The van der Waals surface area contributed by atoms with E-state index >= 15 is 0 Å². The molecule has 0 aliphatic rings. The molecule has 1 rings (SSSR count). The fourth-order valence-electron chi connectivity index (χ4n) is 1.65. The third kappa shape index (κ3) is 4.25. The molecule has 110 valence electrons. The number of alkyl halides is 3. The third-order valence-corrected chi connectivity index (χ3v) is 2.87. The number of carboxylic acids is 1. The van der Waals surface area contributed by atoms with E-state index in [0.717, 1.165) is 11.1 Å². The van der Waals surface area contributed by atoms with Gasteiger partial charge in [0.05, 0.1) is 12.5 Å². The molecule has 1 aromatic rings. The normalized spacial score (nSPS) is 12.8. The quantitative estimate of drug-likeness (QED) is 0.895. The molecule has 1 unspecified atom stereocenters. The maximum atomic E-state index is 12.2. The number of carbonyl (C=O) groups excluding carboxylic acids is 1. The molecule has 0 spiro atoms. The Hall–Kier alpha value is -2.05. The van der Waals surface area contributed by atoms with Gasteiger partial charge in [-0.25, -0.2) is 0 Å². The van der Waals surface area contributed by atoms with Crippen molar-refractivity contribution in [2.75, 3.05) is 0 Å². The summed E-state index contributed by atoms with van der Waals surface area (Å²) in [6, 6.07) is 3.52. The molecular weight excluding hydrogens is 275 g/mol. The van der Waals surface area contributed by atoms with Crippen LogP contribution in [0.15, 0.2) is 18.2 Å². The van der Waals surface area contributed by atoms with Crippen LogP contribution in [-0.2, 0) is 9.59 Å².